The van der Waals surface area contributed by atoms with Crippen LogP contribution in [0.1, 0.15) is 44.1 Å². The molecule has 1 atom stereocenters. The number of amides is 1. The van der Waals surface area contributed by atoms with Gasteiger partial charge >= 0.3 is 12.1 Å². The predicted molar refractivity (Wildman–Crippen MR) is 93.0 cm³/mol. The first-order valence-electron chi connectivity index (χ1n) is 8.66. The van der Waals surface area contributed by atoms with Crippen molar-refractivity contribution in [3.8, 4) is 0 Å². The third-order valence-corrected chi connectivity index (χ3v) is 4.75. The first-order chi connectivity index (χ1) is 12.5. The number of rotatable bonds is 7. The second-order valence-electron chi connectivity index (χ2n) is 6.53. The summed E-state index contributed by atoms with van der Waals surface area (Å²) in [6.45, 7) is 0.0426. The Morgan fingerprint density at radius 3 is 2.46 bits per heavy atom. The molecule has 0 aromatic heterocycles. The van der Waals surface area contributed by atoms with Crippen molar-refractivity contribution in [3.05, 3.63) is 46.0 Å². The maximum absolute atomic E-state index is 12.1. The summed E-state index contributed by atoms with van der Waals surface area (Å²) >= 11 is 0. The Bertz CT molecular complexity index is 628. The van der Waals surface area contributed by atoms with Crippen LogP contribution in [-0.4, -0.2) is 35.7 Å². The summed E-state index contributed by atoms with van der Waals surface area (Å²) in [7, 11) is 1.19. The minimum Gasteiger partial charge on any atom is -0.467 e. The molecule has 0 bridgehead atoms. The Morgan fingerprint density at radius 1 is 1.23 bits per heavy atom. The van der Waals surface area contributed by atoms with Gasteiger partial charge in [0.25, 0.3) is 0 Å². The van der Waals surface area contributed by atoms with Crippen LogP contribution in [0.4, 0.5) is 4.79 Å². The molecule has 1 unspecified atom stereocenters. The van der Waals surface area contributed by atoms with E-state index in [4.69, 9.17) is 9.47 Å². The Morgan fingerprint density at radius 2 is 1.88 bits per heavy atom. The van der Waals surface area contributed by atoms with Crippen molar-refractivity contribution < 1.29 is 24.0 Å². The largest absolute Gasteiger partial charge is 0.467 e. The first-order valence-corrected chi connectivity index (χ1v) is 8.66. The number of carbonyl (C=O) groups excluding carboxylic acids is 2. The Balaban J connectivity index is 2.00. The van der Waals surface area contributed by atoms with E-state index in [0.717, 1.165) is 24.8 Å². The molecule has 1 amide bonds. The van der Waals surface area contributed by atoms with Gasteiger partial charge in [0, 0.05) is 24.2 Å². The minimum absolute atomic E-state index is 0.0426. The molecule has 1 aliphatic rings. The zero-order valence-electron chi connectivity index (χ0n) is 14.8. The molecular formula is C18H24N2O6. The molecule has 1 N–H and O–H groups in total. The zero-order valence-corrected chi connectivity index (χ0v) is 14.8. The molecule has 8 heteroatoms. The van der Waals surface area contributed by atoms with Crippen molar-refractivity contribution in [1.82, 2.24) is 5.32 Å². The standard InChI is InChI=1S/C18H24N2O6/c1-25-16(21)15(12-18(20(23)24)10-6-3-7-11-18)19-17(22)26-13-14-8-4-2-5-9-14/h2,4-5,8-9,15H,3,6-7,10-13H2,1H3,(H,19,22). The molecule has 0 saturated heterocycles. The Kier molecular flexibility index (Phi) is 6.94. The first kappa shape index (κ1) is 19.7. The van der Waals surface area contributed by atoms with E-state index in [1.807, 2.05) is 18.2 Å². The quantitative estimate of drug-likeness (QED) is 0.453. The van der Waals surface area contributed by atoms with E-state index in [9.17, 15) is 19.7 Å². The van der Waals surface area contributed by atoms with E-state index in [1.54, 1.807) is 12.1 Å². The molecular weight excluding hydrogens is 340 g/mol. The number of hydrogen-bond acceptors (Lipinski definition) is 6. The highest BCUT2D eigenvalue weighted by Gasteiger charge is 2.47. The summed E-state index contributed by atoms with van der Waals surface area (Å²) in [6.07, 6.45) is 2.25. The highest BCUT2D eigenvalue weighted by atomic mass is 16.6. The van der Waals surface area contributed by atoms with Crippen LogP contribution in [-0.2, 0) is 20.9 Å². The smallest absolute Gasteiger partial charge is 0.408 e. The van der Waals surface area contributed by atoms with Gasteiger partial charge in [0.15, 0.2) is 0 Å². The van der Waals surface area contributed by atoms with E-state index in [2.05, 4.69) is 5.32 Å². The molecule has 26 heavy (non-hydrogen) atoms. The van der Waals surface area contributed by atoms with Crippen LogP contribution in [0.2, 0.25) is 0 Å². The predicted octanol–water partition coefficient (Wildman–Crippen LogP) is 2.82. The van der Waals surface area contributed by atoms with E-state index in [1.165, 1.54) is 7.11 Å². The summed E-state index contributed by atoms with van der Waals surface area (Å²) < 4.78 is 9.82. The Labute approximate surface area is 152 Å². The number of hydrogen-bond donors (Lipinski definition) is 1. The Hall–Kier alpha value is -2.64. The van der Waals surface area contributed by atoms with E-state index in [0.29, 0.717) is 12.8 Å². The number of benzene rings is 1. The van der Waals surface area contributed by atoms with Crippen molar-refractivity contribution in [2.24, 2.45) is 0 Å². The van der Waals surface area contributed by atoms with Gasteiger partial charge in [-0.15, -0.1) is 0 Å². The average molecular weight is 364 g/mol. The van der Waals surface area contributed by atoms with Gasteiger partial charge in [0.2, 0.25) is 5.54 Å². The van der Waals surface area contributed by atoms with Crippen molar-refractivity contribution in [2.45, 2.75) is 56.7 Å². The summed E-state index contributed by atoms with van der Waals surface area (Å²) in [5, 5.41) is 14.1. The van der Waals surface area contributed by atoms with Gasteiger partial charge in [-0.3, -0.25) is 10.1 Å². The van der Waals surface area contributed by atoms with Gasteiger partial charge in [0.1, 0.15) is 12.6 Å². The number of esters is 1. The molecule has 0 aliphatic heterocycles. The second-order valence-corrected chi connectivity index (χ2v) is 6.53. The van der Waals surface area contributed by atoms with Crippen LogP contribution in [0.15, 0.2) is 30.3 Å². The SMILES string of the molecule is COC(=O)C(CC1([N+](=O)[O-])CCCCC1)NC(=O)OCc1ccccc1. The number of alkyl carbamates (subject to hydrolysis) is 1. The third-order valence-electron chi connectivity index (χ3n) is 4.75. The average Bonchev–Trinajstić information content (AvgIpc) is 2.66. The summed E-state index contributed by atoms with van der Waals surface area (Å²) in [4.78, 5) is 35.4. The molecule has 8 nitrogen and oxygen atoms in total. The molecule has 1 fully saturated rings. The molecule has 1 aromatic rings. The molecule has 0 radical (unpaired) electrons. The maximum Gasteiger partial charge on any atom is 0.408 e. The van der Waals surface area contributed by atoms with E-state index in [-0.39, 0.29) is 18.0 Å². The molecule has 1 aliphatic carbocycles. The molecule has 1 aromatic carbocycles. The number of nitrogens with one attached hydrogen (secondary N) is 1. The monoisotopic (exact) mass is 364 g/mol. The van der Waals surface area contributed by atoms with Gasteiger partial charge in [-0.05, 0) is 18.4 Å². The zero-order chi connectivity index (χ0) is 19.0. The van der Waals surface area contributed by atoms with Gasteiger partial charge < -0.3 is 14.8 Å². The number of carbonyl (C=O) groups is 2. The summed E-state index contributed by atoms with van der Waals surface area (Å²) in [6, 6.07) is 7.96. The van der Waals surface area contributed by atoms with Crippen LogP contribution in [0.25, 0.3) is 0 Å². The number of ether oxygens (including phenoxy) is 2. The summed E-state index contributed by atoms with van der Waals surface area (Å²) in [5.41, 5.74) is -0.421. The molecule has 0 spiro atoms. The molecule has 0 heterocycles. The number of methoxy groups -OCH3 is 1. The van der Waals surface area contributed by atoms with Crippen molar-refractivity contribution in [2.75, 3.05) is 7.11 Å². The van der Waals surface area contributed by atoms with Crippen LogP contribution in [0.5, 0.6) is 0 Å². The molecule has 142 valence electrons. The second kappa shape index (κ2) is 9.17. The van der Waals surface area contributed by atoms with Crippen LogP contribution < -0.4 is 5.32 Å². The topological polar surface area (TPSA) is 108 Å². The lowest BCUT2D eigenvalue weighted by atomic mass is 9.78. The lowest BCUT2D eigenvalue weighted by Gasteiger charge is -2.31. The van der Waals surface area contributed by atoms with Gasteiger partial charge in [0.05, 0.1) is 7.11 Å². The molecule has 1 saturated carbocycles. The fourth-order valence-electron chi connectivity index (χ4n) is 3.29. The van der Waals surface area contributed by atoms with Crippen molar-refractivity contribution in [1.29, 1.82) is 0 Å². The van der Waals surface area contributed by atoms with Gasteiger partial charge in [-0.25, -0.2) is 9.59 Å². The van der Waals surface area contributed by atoms with E-state index < -0.39 is 23.6 Å². The van der Waals surface area contributed by atoms with Crippen molar-refractivity contribution in [3.63, 3.8) is 0 Å². The fraction of sp³-hybridized carbons (Fsp3) is 0.556. The fourth-order valence-corrected chi connectivity index (χ4v) is 3.29. The van der Waals surface area contributed by atoms with E-state index >= 15 is 0 Å². The highest BCUT2D eigenvalue weighted by Crippen LogP contribution is 2.35. The normalized spacial score (nSPS) is 17.0. The van der Waals surface area contributed by atoms with Gasteiger partial charge in [-0.1, -0.05) is 36.8 Å². The summed E-state index contributed by atoms with van der Waals surface area (Å²) in [5.74, 6) is -0.714. The lowest BCUT2D eigenvalue weighted by Crippen LogP contribution is -2.51. The number of nitro groups is 1. The molecule has 2 rings (SSSR count). The van der Waals surface area contributed by atoms with Crippen LogP contribution in [0.3, 0.4) is 0 Å². The lowest BCUT2D eigenvalue weighted by molar-refractivity contribution is -0.576. The minimum atomic E-state index is -1.22. The van der Waals surface area contributed by atoms with Crippen LogP contribution in [0, 0.1) is 10.1 Å². The maximum atomic E-state index is 12.1. The third kappa shape index (κ3) is 5.18. The number of nitrogens with zero attached hydrogens (tertiary/aromatic N) is 1. The van der Waals surface area contributed by atoms with Crippen molar-refractivity contribution >= 4 is 12.1 Å². The van der Waals surface area contributed by atoms with Crippen LogP contribution >= 0.6 is 0 Å². The van der Waals surface area contributed by atoms with Gasteiger partial charge in [-0.2, -0.15) is 0 Å². The highest BCUT2D eigenvalue weighted by molar-refractivity contribution is 5.81.